The second-order valence-electron chi connectivity index (χ2n) is 3.72. The maximum atomic E-state index is 2.32. The summed E-state index contributed by atoms with van der Waals surface area (Å²) in [6.45, 7) is 4.63. The van der Waals surface area contributed by atoms with Crippen molar-refractivity contribution in [2.24, 2.45) is 0 Å². The predicted molar refractivity (Wildman–Crippen MR) is 54.9 cm³/mol. The van der Waals surface area contributed by atoms with Crippen LogP contribution in [0.2, 0.25) is 0 Å². The molecule has 0 bridgehead atoms. The van der Waals surface area contributed by atoms with Gasteiger partial charge in [0.25, 0.3) is 0 Å². The highest BCUT2D eigenvalue weighted by Crippen LogP contribution is 2.43. The molecule has 1 aliphatic heterocycles. The Labute approximate surface area is 72.9 Å². The van der Waals surface area contributed by atoms with Gasteiger partial charge in [-0.05, 0) is 37.0 Å². The molecule has 66 valence electrons. The highest BCUT2D eigenvalue weighted by Gasteiger charge is 2.22. The quantitative estimate of drug-likeness (QED) is 0.566. The van der Waals surface area contributed by atoms with E-state index in [1.54, 1.807) is 0 Å². The van der Waals surface area contributed by atoms with Crippen molar-refractivity contribution in [1.29, 1.82) is 0 Å². The number of rotatable bonds is 4. The summed E-state index contributed by atoms with van der Waals surface area (Å²) in [5.41, 5.74) is 2.24. The third-order valence-corrected chi connectivity index (χ3v) is 4.71. The lowest BCUT2D eigenvalue weighted by Gasteiger charge is -2.09. The lowest BCUT2D eigenvalue weighted by atomic mass is 10.1. The molecule has 1 saturated heterocycles. The lowest BCUT2D eigenvalue weighted by Crippen LogP contribution is -1.93. The van der Waals surface area contributed by atoms with Gasteiger partial charge in [-0.2, -0.15) is 0 Å². The molecule has 0 saturated carbocycles. The monoisotopic (exact) mass is 172 g/mol. The average Bonchev–Trinajstić information content (AvgIpc) is 2.38. The molecule has 0 spiro atoms. The van der Waals surface area contributed by atoms with E-state index in [0.717, 1.165) is 11.3 Å². The fourth-order valence-corrected chi connectivity index (χ4v) is 4.30. The van der Waals surface area contributed by atoms with Crippen LogP contribution < -0.4 is 0 Å². The van der Waals surface area contributed by atoms with E-state index < -0.39 is 0 Å². The molecule has 11 heavy (non-hydrogen) atoms. The zero-order valence-corrected chi connectivity index (χ0v) is 8.90. The van der Waals surface area contributed by atoms with Crippen molar-refractivity contribution in [3.63, 3.8) is 0 Å². The van der Waals surface area contributed by atoms with Crippen molar-refractivity contribution in [3.8, 4) is 0 Å². The second-order valence-corrected chi connectivity index (χ2v) is 5.68. The van der Waals surface area contributed by atoms with Gasteiger partial charge in [-0.15, -0.1) is 8.58 Å². The highest BCUT2D eigenvalue weighted by atomic mass is 31.1. The van der Waals surface area contributed by atoms with E-state index in [4.69, 9.17) is 0 Å². The molecule has 0 aliphatic carbocycles. The minimum Gasteiger partial charge on any atom is -0.116 e. The fraction of sp³-hybridized carbons (Fsp3) is 1.00. The zero-order chi connectivity index (χ0) is 8.10. The Morgan fingerprint density at radius 3 is 1.82 bits per heavy atom. The molecule has 1 aliphatic rings. The van der Waals surface area contributed by atoms with Crippen molar-refractivity contribution in [2.45, 2.75) is 63.7 Å². The first-order chi connectivity index (χ1) is 5.36. The van der Waals surface area contributed by atoms with Crippen LogP contribution in [0.25, 0.3) is 0 Å². The summed E-state index contributed by atoms with van der Waals surface area (Å²) in [4.78, 5) is 0. The molecule has 0 aromatic heterocycles. The molecule has 0 N–H and O–H groups in total. The normalized spacial score (nSPS) is 33.3. The SMILES string of the molecule is CCCC1CCC(CCC)P1. The molecule has 1 fully saturated rings. The predicted octanol–water partition coefficient (Wildman–Crippen LogP) is 3.80. The van der Waals surface area contributed by atoms with E-state index in [9.17, 15) is 0 Å². The van der Waals surface area contributed by atoms with Crippen LogP contribution in [0.1, 0.15) is 52.4 Å². The first-order valence-corrected chi connectivity index (χ1v) is 6.28. The van der Waals surface area contributed by atoms with Gasteiger partial charge in [0.05, 0.1) is 0 Å². The van der Waals surface area contributed by atoms with E-state index in [1.165, 1.54) is 47.1 Å². The summed E-state index contributed by atoms with van der Waals surface area (Å²) in [6.07, 6.45) is 8.87. The lowest BCUT2D eigenvalue weighted by molar-refractivity contribution is 0.649. The molecule has 1 heteroatoms. The van der Waals surface area contributed by atoms with Crippen molar-refractivity contribution in [3.05, 3.63) is 0 Å². The average molecular weight is 172 g/mol. The summed E-state index contributed by atoms with van der Waals surface area (Å²) in [7, 11) is 1.30. The van der Waals surface area contributed by atoms with Crippen molar-refractivity contribution in [1.82, 2.24) is 0 Å². The number of hydrogen-bond acceptors (Lipinski definition) is 0. The van der Waals surface area contributed by atoms with E-state index in [2.05, 4.69) is 13.8 Å². The smallest absolute Gasteiger partial charge is 0.0234 e. The third kappa shape index (κ3) is 3.11. The molecule has 0 amide bonds. The Morgan fingerprint density at radius 2 is 1.45 bits per heavy atom. The van der Waals surface area contributed by atoms with Crippen LogP contribution in [0.15, 0.2) is 0 Å². The first-order valence-electron chi connectivity index (χ1n) is 5.12. The molecule has 1 heterocycles. The van der Waals surface area contributed by atoms with Crippen LogP contribution in [-0.4, -0.2) is 11.3 Å². The van der Waals surface area contributed by atoms with Gasteiger partial charge in [0.15, 0.2) is 0 Å². The largest absolute Gasteiger partial charge is 0.116 e. The van der Waals surface area contributed by atoms with Crippen molar-refractivity contribution < 1.29 is 0 Å². The van der Waals surface area contributed by atoms with E-state index in [-0.39, 0.29) is 0 Å². The fourth-order valence-electron chi connectivity index (χ4n) is 2.05. The summed E-state index contributed by atoms with van der Waals surface area (Å²) >= 11 is 0. The summed E-state index contributed by atoms with van der Waals surface area (Å²) in [6, 6.07) is 0. The summed E-state index contributed by atoms with van der Waals surface area (Å²) in [5, 5.41) is 0. The Balaban J connectivity index is 2.12. The molecular formula is C10H21P. The van der Waals surface area contributed by atoms with Crippen LogP contribution in [0, 0.1) is 0 Å². The topological polar surface area (TPSA) is 0 Å². The van der Waals surface area contributed by atoms with Gasteiger partial charge in [0, 0.05) is 0 Å². The van der Waals surface area contributed by atoms with Gasteiger partial charge in [-0.25, -0.2) is 0 Å². The third-order valence-electron chi connectivity index (χ3n) is 2.61. The van der Waals surface area contributed by atoms with Crippen molar-refractivity contribution >= 4 is 8.58 Å². The van der Waals surface area contributed by atoms with Crippen molar-refractivity contribution in [2.75, 3.05) is 0 Å². The van der Waals surface area contributed by atoms with Crippen LogP contribution in [0.3, 0.4) is 0 Å². The van der Waals surface area contributed by atoms with E-state index in [0.29, 0.717) is 0 Å². The standard InChI is InChI=1S/C10H21P/c1-3-5-9-7-8-10(11-9)6-4-2/h9-11H,3-8H2,1-2H3. The Kier molecular flexibility index (Phi) is 4.45. The molecule has 0 nitrogen and oxygen atoms in total. The van der Waals surface area contributed by atoms with Gasteiger partial charge in [-0.3, -0.25) is 0 Å². The van der Waals surface area contributed by atoms with Gasteiger partial charge in [0.1, 0.15) is 0 Å². The highest BCUT2D eigenvalue weighted by molar-refractivity contribution is 7.40. The Morgan fingerprint density at radius 1 is 1.00 bits per heavy atom. The number of hydrogen-bond donors (Lipinski definition) is 0. The van der Waals surface area contributed by atoms with E-state index >= 15 is 0 Å². The molecular weight excluding hydrogens is 151 g/mol. The van der Waals surface area contributed by atoms with Crippen LogP contribution in [0.4, 0.5) is 0 Å². The minimum absolute atomic E-state index is 1.12. The summed E-state index contributed by atoms with van der Waals surface area (Å²) < 4.78 is 0. The molecule has 0 aromatic carbocycles. The van der Waals surface area contributed by atoms with Gasteiger partial charge in [-0.1, -0.05) is 26.7 Å². The molecule has 0 radical (unpaired) electrons. The van der Waals surface area contributed by atoms with E-state index in [1.807, 2.05) is 0 Å². The van der Waals surface area contributed by atoms with Gasteiger partial charge >= 0.3 is 0 Å². The Hall–Kier alpha value is 0.430. The van der Waals surface area contributed by atoms with Crippen LogP contribution >= 0.6 is 8.58 Å². The van der Waals surface area contributed by atoms with Crippen LogP contribution in [0.5, 0.6) is 0 Å². The zero-order valence-electron chi connectivity index (χ0n) is 7.90. The van der Waals surface area contributed by atoms with Gasteiger partial charge in [0.2, 0.25) is 0 Å². The first kappa shape index (κ1) is 9.52. The molecule has 2 unspecified atom stereocenters. The maximum absolute atomic E-state index is 2.32. The second kappa shape index (κ2) is 5.14. The minimum atomic E-state index is 1.12. The van der Waals surface area contributed by atoms with Gasteiger partial charge < -0.3 is 0 Å². The maximum Gasteiger partial charge on any atom is -0.0234 e. The molecule has 0 aromatic rings. The molecule has 1 rings (SSSR count). The Bertz CT molecular complexity index is 89.0. The summed E-state index contributed by atoms with van der Waals surface area (Å²) in [5.74, 6) is 0. The van der Waals surface area contributed by atoms with Crippen LogP contribution in [-0.2, 0) is 0 Å². The molecule has 2 atom stereocenters.